The van der Waals surface area contributed by atoms with Gasteiger partial charge in [0.2, 0.25) is 5.91 Å². The minimum atomic E-state index is 0.0268. The number of aromatic nitrogens is 6. The Labute approximate surface area is 260 Å². The van der Waals surface area contributed by atoms with Crippen LogP contribution in [-0.2, 0) is 4.79 Å². The van der Waals surface area contributed by atoms with E-state index in [1.807, 2.05) is 79.5 Å². The summed E-state index contributed by atoms with van der Waals surface area (Å²) >= 11 is 0. The lowest BCUT2D eigenvalue weighted by Gasteiger charge is -2.24. The maximum Gasteiger partial charge on any atom is 0.246 e. The average Bonchev–Trinajstić information content (AvgIpc) is 3.30. The normalized spacial score (nSPS) is 16.5. The topological polar surface area (TPSA) is 126 Å². The summed E-state index contributed by atoms with van der Waals surface area (Å²) in [6, 6.07) is 11.5. The molecule has 1 aromatic carbocycles. The monoisotopic (exact) mass is 606 g/mol. The van der Waals surface area contributed by atoms with E-state index in [-0.39, 0.29) is 11.8 Å². The van der Waals surface area contributed by atoms with E-state index in [0.29, 0.717) is 60.2 Å². The number of nitrogens with one attached hydrogen (secondary N) is 1. The standard InChI is InChI=1S/C32H34N10O3/c1-21-13-23(6-7-26(21)45-24-8-10-42-28(14-24)34-20-36-42)37-31-30-25(33-19-35-31)15-27-32(38-30)41-12-11-40(16-22(17-41)18-44-27)29(43)5-4-9-39(2)3/h4-8,10,13-15,19-20,22H,9,11-12,16-18H2,1-3H3,(H,33,35,37)/b5-4+. The largest absolute Gasteiger partial charge is 0.489 e. The number of rotatable bonds is 7. The molecule has 13 nitrogen and oxygen atoms in total. The number of hydrogen-bond acceptors (Lipinski definition) is 11. The van der Waals surface area contributed by atoms with Gasteiger partial charge in [-0.15, -0.1) is 0 Å². The van der Waals surface area contributed by atoms with Gasteiger partial charge in [-0.25, -0.2) is 24.5 Å². The van der Waals surface area contributed by atoms with E-state index in [9.17, 15) is 4.79 Å². The van der Waals surface area contributed by atoms with Gasteiger partial charge in [-0.1, -0.05) is 6.08 Å². The lowest BCUT2D eigenvalue weighted by molar-refractivity contribution is -0.126. The highest BCUT2D eigenvalue weighted by molar-refractivity contribution is 5.90. The molecule has 13 heteroatoms. The molecular weight excluding hydrogens is 572 g/mol. The van der Waals surface area contributed by atoms with Gasteiger partial charge < -0.3 is 29.5 Å². The molecule has 0 saturated carbocycles. The van der Waals surface area contributed by atoms with Crippen molar-refractivity contribution in [3.63, 3.8) is 0 Å². The number of nitrogens with zero attached hydrogens (tertiary/aromatic N) is 9. The van der Waals surface area contributed by atoms with Crippen molar-refractivity contribution in [3.8, 4) is 17.2 Å². The minimum absolute atomic E-state index is 0.0268. The van der Waals surface area contributed by atoms with E-state index in [4.69, 9.17) is 14.5 Å². The highest BCUT2D eigenvalue weighted by Gasteiger charge is 2.31. The fourth-order valence-electron chi connectivity index (χ4n) is 5.63. The number of pyridine rings is 2. The molecule has 0 spiro atoms. The lowest BCUT2D eigenvalue weighted by atomic mass is 10.1. The Balaban J connectivity index is 1.11. The van der Waals surface area contributed by atoms with Crippen molar-refractivity contribution in [2.45, 2.75) is 6.92 Å². The summed E-state index contributed by atoms with van der Waals surface area (Å²) in [5, 5.41) is 7.55. The molecule has 2 aliphatic rings. The number of aryl methyl sites for hydroxylation is 1. The molecule has 4 aromatic heterocycles. The Morgan fingerprint density at radius 2 is 2.02 bits per heavy atom. The van der Waals surface area contributed by atoms with Gasteiger partial charge in [0.25, 0.3) is 0 Å². The van der Waals surface area contributed by atoms with Crippen LogP contribution in [0.3, 0.4) is 0 Å². The van der Waals surface area contributed by atoms with Crippen LogP contribution in [0.1, 0.15) is 5.56 Å². The molecule has 230 valence electrons. The third kappa shape index (κ3) is 6.07. The van der Waals surface area contributed by atoms with Crippen LogP contribution < -0.4 is 19.7 Å². The third-order valence-corrected chi connectivity index (χ3v) is 7.89. The fourth-order valence-corrected chi connectivity index (χ4v) is 5.63. The maximum absolute atomic E-state index is 12.9. The smallest absolute Gasteiger partial charge is 0.246 e. The molecule has 2 bridgehead atoms. The van der Waals surface area contributed by atoms with Gasteiger partial charge >= 0.3 is 0 Å². The number of benzene rings is 1. The number of fused-ring (bicyclic) bond motifs is 6. The summed E-state index contributed by atoms with van der Waals surface area (Å²) in [4.78, 5) is 37.4. The first-order chi connectivity index (χ1) is 21.9. The molecule has 1 amide bonds. The first-order valence-electron chi connectivity index (χ1n) is 14.9. The number of ether oxygens (including phenoxy) is 2. The summed E-state index contributed by atoms with van der Waals surface area (Å²) in [6.07, 6.45) is 8.42. The quantitative estimate of drug-likeness (QED) is 0.273. The number of hydrogen-bond donors (Lipinski definition) is 1. The predicted molar refractivity (Wildman–Crippen MR) is 170 cm³/mol. The van der Waals surface area contributed by atoms with Crippen LogP contribution in [0, 0.1) is 12.8 Å². The van der Waals surface area contributed by atoms with Crippen molar-refractivity contribution in [2.75, 3.05) is 63.6 Å². The van der Waals surface area contributed by atoms with Gasteiger partial charge in [0.1, 0.15) is 29.7 Å². The van der Waals surface area contributed by atoms with Crippen molar-refractivity contribution in [1.29, 1.82) is 0 Å². The van der Waals surface area contributed by atoms with Crippen LogP contribution in [0.5, 0.6) is 17.2 Å². The van der Waals surface area contributed by atoms with Crippen LogP contribution in [-0.4, -0.2) is 98.7 Å². The molecule has 1 saturated heterocycles. The highest BCUT2D eigenvalue weighted by Crippen LogP contribution is 2.36. The SMILES string of the molecule is Cc1cc(Nc2ncnc3cc4c(nc23)N2CCN(C(=O)/C=C/CN(C)C)CC(CO4)C2)ccc1Oc1ccn2ncnc2c1. The van der Waals surface area contributed by atoms with Crippen molar-refractivity contribution in [1.82, 2.24) is 39.3 Å². The molecule has 1 N–H and O–H groups in total. The zero-order chi connectivity index (χ0) is 30.9. The first kappa shape index (κ1) is 28.5. The second-order valence-corrected chi connectivity index (χ2v) is 11.6. The van der Waals surface area contributed by atoms with E-state index in [1.54, 1.807) is 10.6 Å². The van der Waals surface area contributed by atoms with E-state index in [1.165, 1.54) is 12.7 Å². The summed E-state index contributed by atoms with van der Waals surface area (Å²) in [5.41, 5.74) is 3.82. The van der Waals surface area contributed by atoms with Gasteiger partial charge in [-0.05, 0) is 50.8 Å². The molecule has 5 aromatic rings. The van der Waals surface area contributed by atoms with Crippen molar-refractivity contribution in [2.24, 2.45) is 5.92 Å². The average molecular weight is 607 g/mol. The van der Waals surface area contributed by atoms with Crippen molar-refractivity contribution >= 4 is 39.9 Å². The molecule has 0 radical (unpaired) electrons. The molecule has 7 rings (SSSR count). The van der Waals surface area contributed by atoms with Crippen molar-refractivity contribution < 1.29 is 14.3 Å². The van der Waals surface area contributed by atoms with Crippen LogP contribution in [0.4, 0.5) is 17.3 Å². The second kappa shape index (κ2) is 12.0. The Bertz CT molecular complexity index is 1910. The third-order valence-electron chi connectivity index (χ3n) is 7.89. The zero-order valence-electron chi connectivity index (χ0n) is 25.4. The molecular formula is C32H34N10O3. The summed E-state index contributed by atoms with van der Waals surface area (Å²) in [5.74, 6) is 3.62. The van der Waals surface area contributed by atoms with Crippen LogP contribution in [0.25, 0.3) is 16.7 Å². The number of carbonyl (C=O) groups excluding carboxylic acids is 1. The molecule has 0 aliphatic carbocycles. The van der Waals surface area contributed by atoms with E-state index in [0.717, 1.165) is 35.9 Å². The predicted octanol–water partition coefficient (Wildman–Crippen LogP) is 3.69. The number of likely N-dealkylation sites (N-methyl/N-ethyl adjacent to an activating group) is 1. The van der Waals surface area contributed by atoms with Gasteiger partial charge in [-0.2, -0.15) is 5.10 Å². The molecule has 2 aliphatic heterocycles. The van der Waals surface area contributed by atoms with Crippen molar-refractivity contribution in [3.05, 3.63) is 73.0 Å². The molecule has 6 heterocycles. The van der Waals surface area contributed by atoms with Crippen LogP contribution in [0.15, 0.2) is 67.4 Å². The molecule has 1 atom stereocenters. The molecule has 45 heavy (non-hydrogen) atoms. The summed E-state index contributed by atoms with van der Waals surface area (Å²) in [6.45, 7) is 5.86. The van der Waals surface area contributed by atoms with Gasteiger partial charge in [0.05, 0.1) is 12.1 Å². The van der Waals surface area contributed by atoms with Crippen LogP contribution in [0.2, 0.25) is 0 Å². The summed E-state index contributed by atoms with van der Waals surface area (Å²) in [7, 11) is 3.96. The Morgan fingerprint density at radius 1 is 1.11 bits per heavy atom. The molecule has 1 fully saturated rings. The number of amides is 1. The van der Waals surface area contributed by atoms with E-state index in [2.05, 4.69) is 30.3 Å². The summed E-state index contributed by atoms with van der Waals surface area (Å²) < 4.78 is 14.1. The highest BCUT2D eigenvalue weighted by atomic mass is 16.5. The van der Waals surface area contributed by atoms with E-state index >= 15 is 0 Å². The number of anilines is 3. The number of carbonyl (C=O) groups is 1. The fraction of sp³-hybridized carbons (Fsp3) is 0.312. The van der Waals surface area contributed by atoms with Gasteiger partial charge in [-0.3, -0.25) is 4.79 Å². The maximum atomic E-state index is 12.9. The van der Waals surface area contributed by atoms with Gasteiger partial charge in [0.15, 0.2) is 23.0 Å². The van der Waals surface area contributed by atoms with E-state index < -0.39 is 0 Å². The Morgan fingerprint density at radius 3 is 2.89 bits per heavy atom. The van der Waals surface area contributed by atoms with Crippen LogP contribution >= 0.6 is 0 Å². The molecule has 1 unspecified atom stereocenters. The lowest BCUT2D eigenvalue weighted by Crippen LogP contribution is -2.36. The minimum Gasteiger partial charge on any atom is -0.489 e. The van der Waals surface area contributed by atoms with Gasteiger partial charge in [0, 0.05) is 68.7 Å². The second-order valence-electron chi connectivity index (χ2n) is 11.6. The zero-order valence-corrected chi connectivity index (χ0v) is 25.4. The Kier molecular flexibility index (Phi) is 7.59. The first-order valence-corrected chi connectivity index (χ1v) is 14.9. The Hall–Kier alpha value is -5.30.